The second kappa shape index (κ2) is 19.6. The molecule has 0 atom stereocenters. The van der Waals surface area contributed by atoms with Crippen LogP contribution in [0.5, 0.6) is 0 Å². The SMILES string of the molecule is Br.Br.Cl.[Sb]. The molecule has 0 bridgehead atoms. The molecule has 0 fully saturated rings. The van der Waals surface area contributed by atoms with E-state index in [1.165, 1.54) is 0 Å². The monoisotopic (exact) mass is 317 g/mol. The summed E-state index contributed by atoms with van der Waals surface area (Å²) in [5.74, 6) is 0. The van der Waals surface area contributed by atoms with Gasteiger partial charge >= 0.3 is 0 Å². The van der Waals surface area contributed by atoms with E-state index in [1.54, 1.807) is 0 Å². The summed E-state index contributed by atoms with van der Waals surface area (Å²) in [4.78, 5) is 0. The zero-order valence-electron chi connectivity index (χ0n) is 1.67. The Bertz CT molecular complexity index is 6.00. The number of hydrogen-bond donors (Lipinski definition) is 0. The number of rotatable bonds is 0. The van der Waals surface area contributed by atoms with E-state index in [-0.39, 0.29) is 70.8 Å². The first kappa shape index (κ1) is 36.4. The van der Waals surface area contributed by atoms with Crippen molar-refractivity contribution in [3.8, 4) is 0 Å². The van der Waals surface area contributed by atoms with Crippen molar-refractivity contribution in [2.45, 2.75) is 0 Å². The summed E-state index contributed by atoms with van der Waals surface area (Å²) in [6, 6.07) is 0. The summed E-state index contributed by atoms with van der Waals surface area (Å²) >= 11 is 0. The average Bonchev–Trinajstić information content (AvgIpc) is 0. The van der Waals surface area contributed by atoms with Gasteiger partial charge in [-0.2, -0.15) is 0 Å². The molecular formula is H3Br2ClSb. The third-order valence-corrected chi connectivity index (χ3v) is 0. The molecule has 0 aliphatic rings. The Hall–Kier alpha value is 2.07. The summed E-state index contributed by atoms with van der Waals surface area (Å²) in [6.07, 6.45) is 0. The van der Waals surface area contributed by atoms with Gasteiger partial charge in [0.2, 0.25) is 0 Å². The van der Waals surface area contributed by atoms with Crippen LogP contribution in [0.3, 0.4) is 0 Å². The summed E-state index contributed by atoms with van der Waals surface area (Å²) in [5.41, 5.74) is 0. The minimum absolute atomic E-state index is 0. The molecule has 3 radical (unpaired) electrons. The average molecular weight is 320 g/mol. The minimum Gasteiger partial charge on any atom is -0.147 e. The second-order valence-electron chi connectivity index (χ2n) is 0. The molecule has 0 aliphatic heterocycles. The number of halogens is 3. The molecule has 29 valence electrons. The second-order valence-corrected chi connectivity index (χ2v) is 0. The molecule has 0 amide bonds. The maximum absolute atomic E-state index is 0. The quantitative estimate of drug-likeness (QED) is 0.589. The fraction of sp³-hybridized carbons (Fsp3) is 0. The van der Waals surface area contributed by atoms with Gasteiger partial charge in [-0.3, -0.25) is 0 Å². The van der Waals surface area contributed by atoms with E-state index >= 15 is 0 Å². The van der Waals surface area contributed by atoms with Crippen molar-refractivity contribution in [2.75, 3.05) is 0 Å². The van der Waals surface area contributed by atoms with Crippen LogP contribution < -0.4 is 0 Å². The van der Waals surface area contributed by atoms with Gasteiger partial charge in [-0.1, -0.05) is 0 Å². The summed E-state index contributed by atoms with van der Waals surface area (Å²) < 4.78 is 0. The van der Waals surface area contributed by atoms with Crippen molar-refractivity contribution in [1.29, 1.82) is 0 Å². The number of hydrogen-bond acceptors (Lipinski definition) is 0. The summed E-state index contributed by atoms with van der Waals surface area (Å²) in [6.45, 7) is 0. The van der Waals surface area contributed by atoms with Gasteiger partial charge in [0.15, 0.2) is 0 Å². The van der Waals surface area contributed by atoms with E-state index in [1.807, 2.05) is 0 Å². The van der Waals surface area contributed by atoms with Crippen molar-refractivity contribution < 1.29 is 0 Å². The van der Waals surface area contributed by atoms with Gasteiger partial charge in [-0.05, 0) is 0 Å². The van der Waals surface area contributed by atoms with Crippen LogP contribution in [0.2, 0.25) is 0 Å². The smallest absolute Gasteiger partial charge is 0 e. The molecule has 0 aromatic carbocycles. The normalized spacial score (nSPS) is 0. The van der Waals surface area contributed by atoms with Gasteiger partial charge < -0.3 is 0 Å². The van der Waals surface area contributed by atoms with Crippen LogP contribution in [-0.2, 0) is 0 Å². The van der Waals surface area contributed by atoms with Gasteiger partial charge in [-0.25, -0.2) is 0 Å². The van der Waals surface area contributed by atoms with Crippen molar-refractivity contribution in [3.05, 3.63) is 0 Å². The molecule has 4 heteroatoms. The molecule has 0 N–H and O–H groups in total. The van der Waals surface area contributed by atoms with Crippen LogP contribution in [0, 0.1) is 0 Å². The molecule has 0 saturated carbocycles. The maximum atomic E-state index is 0. The fourth-order valence-electron chi connectivity index (χ4n) is 0. The molecular weight excluding hydrogens is 317 g/mol. The molecule has 0 spiro atoms. The Morgan fingerprint density at radius 1 is 0.750 bits per heavy atom. The third-order valence-electron chi connectivity index (χ3n) is 0. The Labute approximate surface area is 70.1 Å². The Kier molecular flexibility index (Phi) is 179. The molecule has 0 rings (SSSR count). The van der Waals surface area contributed by atoms with Crippen molar-refractivity contribution in [3.63, 3.8) is 0 Å². The molecule has 0 saturated heterocycles. The molecule has 0 heterocycles. The van der Waals surface area contributed by atoms with E-state index in [9.17, 15) is 0 Å². The Morgan fingerprint density at radius 3 is 0.750 bits per heavy atom. The first-order valence-corrected chi connectivity index (χ1v) is 0. The van der Waals surface area contributed by atoms with E-state index in [0.717, 1.165) is 0 Å². The minimum atomic E-state index is 0. The van der Waals surface area contributed by atoms with Crippen molar-refractivity contribution >= 4 is 70.8 Å². The zero-order chi connectivity index (χ0) is 0. The van der Waals surface area contributed by atoms with Crippen molar-refractivity contribution in [1.82, 2.24) is 0 Å². The van der Waals surface area contributed by atoms with E-state index in [2.05, 4.69) is 0 Å². The molecule has 0 aromatic heterocycles. The van der Waals surface area contributed by atoms with Gasteiger partial charge in [0, 0.05) is 24.4 Å². The molecule has 0 aromatic rings. The fourth-order valence-corrected chi connectivity index (χ4v) is 0. The van der Waals surface area contributed by atoms with Crippen LogP contribution in [0.25, 0.3) is 0 Å². The van der Waals surface area contributed by atoms with E-state index in [0.29, 0.717) is 0 Å². The Morgan fingerprint density at radius 2 is 0.750 bits per heavy atom. The maximum Gasteiger partial charge on any atom is 0 e. The first-order chi connectivity index (χ1) is 0. The first-order valence-electron chi connectivity index (χ1n) is 0. The van der Waals surface area contributed by atoms with Crippen molar-refractivity contribution in [2.24, 2.45) is 0 Å². The third kappa shape index (κ3) is 8.95. The Balaban J connectivity index is 0. The predicted molar refractivity (Wildman–Crippen MR) is 33.6 cm³/mol. The van der Waals surface area contributed by atoms with E-state index in [4.69, 9.17) is 0 Å². The van der Waals surface area contributed by atoms with Crippen LogP contribution in [0.15, 0.2) is 0 Å². The van der Waals surface area contributed by atoms with Crippen LogP contribution in [0.4, 0.5) is 0 Å². The molecule has 4 heavy (non-hydrogen) atoms. The largest absolute Gasteiger partial charge is 0.147 e. The van der Waals surface area contributed by atoms with Crippen LogP contribution in [0.1, 0.15) is 0 Å². The molecule has 0 nitrogen and oxygen atoms in total. The summed E-state index contributed by atoms with van der Waals surface area (Å²) in [7, 11) is 0. The van der Waals surface area contributed by atoms with Crippen LogP contribution in [-0.4, -0.2) is 24.4 Å². The predicted octanol–water partition coefficient (Wildman–Crippen LogP) is 1.20. The zero-order valence-corrected chi connectivity index (χ0v) is 8.47. The molecule has 0 unspecified atom stereocenters. The van der Waals surface area contributed by atoms with E-state index < -0.39 is 0 Å². The van der Waals surface area contributed by atoms with Gasteiger partial charge in [-0.15, -0.1) is 46.4 Å². The standard InChI is InChI=1S/2BrH.ClH.Sb/h3*1H;. The van der Waals surface area contributed by atoms with Gasteiger partial charge in [0.05, 0.1) is 0 Å². The van der Waals surface area contributed by atoms with Gasteiger partial charge in [0.25, 0.3) is 0 Å². The summed E-state index contributed by atoms with van der Waals surface area (Å²) in [5, 5.41) is 0. The van der Waals surface area contributed by atoms with Crippen LogP contribution >= 0.6 is 46.4 Å². The molecule has 0 aliphatic carbocycles. The van der Waals surface area contributed by atoms with Gasteiger partial charge in [0.1, 0.15) is 0 Å². The topological polar surface area (TPSA) is 0 Å².